The summed E-state index contributed by atoms with van der Waals surface area (Å²) < 4.78 is 0. The van der Waals surface area contributed by atoms with Gasteiger partial charge < -0.3 is 9.80 Å². The molecule has 15 heavy (non-hydrogen) atoms. The van der Waals surface area contributed by atoms with E-state index in [0.29, 0.717) is 0 Å². The number of hydrogen-bond acceptors (Lipinski definition) is 4. The van der Waals surface area contributed by atoms with E-state index in [4.69, 9.17) is 0 Å². The van der Waals surface area contributed by atoms with Crippen molar-refractivity contribution in [3.63, 3.8) is 0 Å². The number of rotatable bonds is 3. The number of nitrogens with zero attached hydrogens (tertiary/aromatic N) is 3. The second-order valence-corrected chi connectivity index (χ2v) is 4.16. The molecule has 0 amide bonds. The van der Waals surface area contributed by atoms with E-state index in [2.05, 4.69) is 9.80 Å². The summed E-state index contributed by atoms with van der Waals surface area (Å²) >= 11 is 0. The molecule has 2 aliphatic rings. The Balaban J connectivity index is 2.10. The zero-order chi connectivity index (χ0) is 10.7. The molecule has 0 aromatic carbocycles. The van der Waals surface area contributed by atoms with Gasteiger partial charge in [-0.05, 0) is 25.7 Å². The van der Waals surface area contributed by atoms with Crippen LogP contribution in [0.1, 0.15) is 25.7 Å². The van der Waals surface area contributed by atoms with Crippen LogP contribution < -0.4 is 0 Å². The lowest BCUT2D eigenvalue weighted by Gasteiger charge is -2.27. The molecule has 84 valence electrons. The molecule has 0 atom stereocenters. The normalized spacial score (nSPS) is 20.8. The molecule has 0 aromatic rings. The van der Waals surface area contributed by atoms with Crippen LogP contribution in [0.15, 0.2) is 12.0 Å². The van der Waals surface area contributed by atoms with E-state index in [1.807, 2.05) is 0 Å². The molecule has 5 nitrogen and oxygen atoms in total. The Morgan fingerprint density at radius 2 is 1.40 bits per heavy atom. The highest BCUT2D eigenvalue weighted by atomic mass is 16.6. The van der Waals surface area contributed by atoms with Crippen molar-refractivity contribution < 1.29 is 4.92 Å². The van der Waals surface area contributed by atoms with E-state index in [9.17, 15) is 10.1 Å². The van der Waals surface area contributed by atoms with Gasteiger partial charge in [-0.25, -0.2) is 0 Å². The van der Waals surface area contributed by atoms with Crippen molar-refractivity contribution in [1.82, 2.24) is 9.80 Å². The predicted molar refractivity (Wildman–Crippen MR) is 56.7 cm³/mol. The molecule has 0 aromatic heterocycles. The first-order chi connectivity index (χ1) is 7.27. The highest BCUT2D eigenvalue weighted by Crippen LogP contribution is 2.22. The van der Waals surface area contributed by atoms with Gasteiger partial charge in [0.2, 0.25) is 0 Å². The van der Waals surface area contributed by atoms with Gasteiger partial charge in [0.1, 0.15) is 0 Å². The average molecular weight is 211 g/mol. The van der Waals surface area contributed by atoms with E-state index < -0.39 is 0 Å². The predicted octanol–water partition coefficient (Wildman–Crippen LogP) is 1.25. The summed E-state index contributed by atoms with van der Waals surface area (Å²) in [5.74, 6) is 0.829. The zero-order valence-electron chi connectivity index (χ0n) is 8.89. The number of hydrogen-bond donors (Lipinski definition) is 0. The van der Waals surface area contributed by atoms with Crippen molar-refractivity contribution in [2.24, 2.45) is 0 Å². The van der Waals surface area contributed by atoms with E-state index in [-0.39, 0.29) is 4.92 Å². The van der Waals surface area contributed by atoms with E-state index in [0.717, 1.165) is 57.7 Å². The largest absolute Gasteiger partial charge is 0.353 e. The van der Waals surface area contributed by atoms with Crippen LogP contribution in [-0.2, 0) is 0 Å². The zero-order valence-corrected chi connectivity index (χ0v) is 8.89. The SMILES string of the molecule is O=[N+]([O-])C=C(N1CCCC1)N1CCCC1. The minimum atomic E-state index is -0.327. The van der Waals surface area contributed by atoms with E-state index >= 15 is 0 Å². The van der Waals surface area contributed by atoms with Gasteiger partial charge in [-0.15, -0.1) is 0 Å². The van der Waals surface area contributed by atoms with E-state index in [1.165, 1.54) is 6.20 Å². The molecular weight excluding hydrogens is 194 g/mol. The number of likely N-dealkylation sites (tertiary alicyclic amines) is 2. The van der Waals surface area contributed by atoms with Crippen LogP contribution in [0.4, 0.5) is 0 Å². The van der Waals surface area contributed by atoms with Crippen molar-refractivity contribution in [1.29, 1.82) is 0 Å². The second kappa shape index (κ2) is 4.51. The first-order valence-electron chi connectivity index (χ1n) is 5.62. The van der Waals surface area contributed by atoms with Gasteiger partial charge in [0, 0.05) is 26.2 Å². The summed E-state index contributed by atoms with van der Waals surface area (Å²) in [5, 5.41) is 10.6. The summed E-state index contributed by atoms with van der Waals surface area (Å²) in [5.41, 5.74) is 0. The molecular formula is C10H17N3O2. The van der Waals surface area contributed by atoms with Crippen LogP contribution in [0.5, 0.6) is 0 Å². The molecule has 0 unspecified atom stereocenters. The topological polar surface area (TPSA) is 49.6 Å². The molecule has 2 fully saturated rings. The first kappa shape index (κ1) is 10.3. The summed E-state index contributed by atoms with van der Waals surface area (Å²) in [6.45, 7) is 3.87. The van der Waals surface area contributed by atoms with Gasteiger partial charge in [0.25, 0.3) is 6.20 Å². The third-order valence-corrected chi connectivity index (χ3v) is 3.08. The third kappa shape index (κ3) is 2.40. The molecule has 2 saturated heterocycles. The third-order valence-electron chi connectivity index (χ3n) is 3.08. The lowest BCUT2D eigenvalue weighted by atomic mass is 10.4. The van der Waals surface area contributed by atoms with Gasteiger partial charge in [-0.3, -0.25) is 10.1 Å². The lowest BCUT2D eigenvalue weighted by molar-refractivity contribution is -0.405. The van der Waals surface area contributed by atoms with Crippen molar-refractivity contribution >= 4 is 0 Å². The fourth-order valence-corrected chi connectivity index (χ4v) is 2.35. The highest BCUT2D eigenvalue weighted by Gasteiger charge is 2.24. The molecule has 2 heterocycles. The minimum Gasteiger partial charge on any atom is -0.353 e. The summed E-state index contributed by atoms with van der Waals surface area (Å²) in [6.07, 6.45) is 5.80. The molecule has 0 bridgehead atoms. The van der Waals surface area contributed by atoms with Crippen LogP contribution >= 0.6 is 0 Å². The lowest BCUT2D eigenvalue weighted by Crippen LogP contribution is -2.32. The van der Waals surface area contributed by atoms with Crippen molar-refractivity contribution in [2.75, 3.05) is 26.2 Å². The van der Waals surface area contributed by atoms with Gasteiger partial charge >= 0.3 is 0 Å². The van der Waals surface area contributed by atoms with Crippen LogP contribution in [0.2, 0.25) is 0 Å². The Kier molecular flexibility index (Phi) is 3.08. The van der Waals surface area contributed by atoms with Crippen molar-refractivity contribution in [2.45, 2.75) is 25.7 Å². The van der Waals surface area contributed by atoms with Crippen LogP contribution in [0.3, 0.4) is 0 Å². The molecule has 0 aliphatic carbocycles. The molecule has 2 aliphatic heterocycles. The monoisotopic (exact) mass is 211 g/mol. The second-order valence-electron chi connectivity index (χ2n) is 4.16. The Morgan fingerprint density at radius 3 is 1.73 bits per heavy atom. The first-order valence-corrected chi connectivity index (χ1v) is 5.62. The summed E-state index contributed by atoms with van der Waals surface area (Å²) in [6, 6.07) is 0. The fraction of sp³-hybridized carbons (Fsp3) is 0.800. The molecule has 0 radical (unpaired) electrons. The number of nitro groups is 1. The van der Waals surface area contributed by atoms with Gasteiger partial charge in [-0.1, -0.05) is 0 Å². The average Bonchev–Trinajstić information content (AvgIpc) is 2.87. The van der Waals surface area contributed by atoms with Gasteiger partial charge in [0.05, 0.1) is 4.92 Å². The smallest absolute Gasteiger partial charge is 0.274 e. The molecule has 2 rings (SSSR count). The maximum Gasteiger partial charge on any atom is 0.274 e. The van der Waals surface area contributed by atoms with Gasteiger partial charge in [-0.2, -0.15) is 0 Å². The molecule has 0 N–H and O–H groups in total. The van der Waals surface area contributed by atoms with Crippen molar-refractivity contribution in [3.8, 4) is 0 Å². The highest BCUT2D eigenvalue weighted by molar-refractivity contribution is 5.00. The van der Waals surface area contributed by atoms with Crippen LogP contribution in [0, 0.1) is 10.1 Å². The standard InChI is InChI=1S/C10H17N3O2/c14-13(15)9-10(11-5-1-2-6-11)12-7-3-4-8-12/h9H,1-8H2. The Morgan fingerprint density at radius 1 is 1.00 bits per heavy atom. The van der Waals surface area contributed by atoms with Crippen LogP contribution in [-0.4, -0.2) is 40.9 Å². The Bertz CT molecular complexity index is 248. The maximum atomic E-state index is 10.6. The molecule has 0 saturated carbocycles. The maximum absolute atomic E-state index is 10.6. The quantitative estimate of drug-likeness (QED) is 0.521. The Hall–Kier alpha value is -1.26. The minimum absolute atomic E-state index is 0.327. The molecule has 0 spiro atoms. The molecule has 5 heteroatoms. The fourth-order valence-electron chi connectivity index (χ4n) is 2.35. The van der Waals surface area contributed by atoms with E-state index in [1.54, 1.807) is 0 Å². The van der Waals surface area contributed by atoms with Crippen LogP contribution in [0.25, 0.3) is 0 Å². The Labute approximate surface area is 89.5 Å². The van der Waals surface area contributed by atoms with Crippen molar-refractivity contribution in [3.05, 3.63) is 22.1 Å². The summed E-state index contributed by atoms with van der Waals surface area (Å²) in [7, 11) is 0. The van der Waals surface area contributed by atoms with Gasteiger partial charge in [0.15, 0.2) is 5.82 Å². The summed E-state index contributed by atoms with van der Waals surface area (Å²) in [4.78, 5) is 14.6.